The Bertz CT molecular complexity index is 844. The van der Waals surface area contributed by atoms with Crippen LogP contribution in [0.25, 0.3) is 16.9 Å². The maximum Gasteiger partial charge on any atom is 0.358 e. The molecule has 5 nitrogen and oxygen atoms in total. The fourth-order valence-corrected chi connectivity index (χ4v) is 2.43. The van der Waals surface area contributed by atoms with Crippen molar-refractivity contribution < 1.29 is 9.90 Å². The molecular weight excluding hydrogens is 302 g/mol. The lowest BCUT2D eigenvalue weighted by Gasteiger charge is -2.10. The SMILES string of the molecule is Cc1ccc(Cl)cc1-n1nnc(C(=O)O)c1-c1ccccc1. The number of benzene rings is 2. The predicted molar refractivity (Wildman–Crippen MR) is 83.5 cm³/mol. The first-order chi connectivity index (χ1) is 10.6. The molecule has 6 heteroatoms. The van der Waals surface area contributed by atoms with E-state index in [1.165, 1.54) is 4.68 Å². The Hall–Kier alpha value is -2.66. The zero-order chi connectivity index (χ0) is 15.7. The van der Waals surface area contributed by atoms with E-state index in [0.29, 0.717) is 16.4 Å². The van der Waals surface area contributed by atoms with Gasteiger partial charge in [0.2, 0.25) is 0 Å². The third-order valence-electron chi connectivity index (χ3n) is 3.32. The minimum absolute atomic E-state index is 0.0921. The molecule has 22 heavy (non-hydrogen) atoms. The molecule has 3 rings (SSSR count). The van der Waals surface area contributed by atoms with Crippen molar-refractivity contribution in [2.75, 3.05) is 0 Å². The second kappa shape index (κ2) is 5.61. The molecule has 0 aliphatic rings. The summed E-state index contributed by atoms with van der Waals surface area (Å²) in [4.78, 5) is 11.4. The number of carboxylic acids is 1. The third-order valence-corrected chi connectivity index (χ3v) is 3.55. The van der Waals surface area contributed by atoms with Crippen molar-refractivity contribution in [3.05, 3.63) is 64.8 Å². The highest BCUT2D eigenvalue weighted by Crippen LogP contribution is 2.28. The van der Waals surface area contributed by atoms with Crippen molar-refractivity contribution in [3.8, 4) is 16.9 Å². The maximum atomic E-state index is 11.4. The smallest absolute Gasteiger partial charge is 0.358 e. The highest BCUT2D eigenvalue weighted by molar-refractivity contribution is 6.30. The minimum Gasteiger partial charge on any atom is -0.476 e. The standard InChI is InChI=1S/C16H12ClN3O2/c1-10-7-8-12(17)9-13(10)20-15(11-5-3-2-4-6-11)14(16(21)22)18-19-20/h2-9H,1H3,(H,21,22). The van der Waals surface area contributed by atoms with Gasteiger partial charge in [0.1, 0.15) is 5.69 Å². The molecule has 0 radical (unpaired) electrons. The summed E-state index contributed by atoms with van der Waals surface area (Å²) in [5, 5.41) is 17.7. The van der Waals surface area contributed by atoms with Gasteiger partial charge >= 0.3 is 5.97 Å². The van der Waals surface area contributed by atoms with Gasteiger partial charge in [-0.2, -0.15) is 0 Å². The molecular formula is C16H12ClN3O2. The summed E-state index contributed by atoms with van der Waals surface area (Å²) < 4.78 is 1.51. The Balaban J connectivity index is 2.30. The van der Waals surface area contributed by atoms with Crippen molar-refractivity contribution in [2.45, 2.75) is 6.92 Å². The summed E-state index contributed by atoms with van der Waals surface area (Å²) >= 11 is 6.06. The number of carbonyl (C=O) groups is 1. The van der Waals surface area contributed by atoms with E-state index in [0.717, 1.165) is 11.1 Å². The fourth-order valence-electron chi connectivity index (χ4n) is 2.26. The minimum atomic E-state index is -1.12. The van der Waals surface area contributed by atoms with E-state index in [9.17, 15) is 9.90 Å². The largest absolute Gasteiger partial charge is 0.476 e. The van der Waals surface area contributed by atoms with E-state index in [-0.39, 0.29) is 5.69 Å². The second-order valence-electron chi connectivity index (χ2n) is 4.80. The van der Waals surface area contributed by atoms with Crippen LogP contribution in [0.2, 0.25) is 5.02 Å². The van der Waals surface area contributed by atoms with Gasteiger partial charge in [-0.05, 0) is 24.6 Å². The molecule has 0 atom stereocenters. The lowest BCUT2D eigenvalue weighted by atomic mass is 10.1. The number of carboxylic acid groups (broad SMARTS) is 1. The summed E-state index contributed by atoms with van der Waals surface area (Å²) in [6.07, 6.45) is 0. The normalized spacial score (nSPS) is 10.6. The van der Waals surface area contributed by atoms with Crippen LogP contribution >= 0.6 is 11.6 Å². The molecule has 110 valence electrons. The lowest BCUT2D eigenvalue weighted by molar-refractivity contribution is 0.0691. The molecule has 0 fully saturated rings. The molecule has 1 N–H and O–H groups in total. The quantitative estimate of drug-likeness (QED) is 0.802. The monoisotopic (exact) mass is 313 g/mol. The van der Waals surface area contributed by atoms with Gasteiger partial charge in [0, 0.05) is 10.6 Å². The van der Waals surface area contributed by atoms with Crippen LogP contribution in [0.15, 0.2) is 48.5 Å². The average molecular weight is 314 g/mol. The number of aryl methyl sites for hydroxylation is 1. The first-order valence-electron chi connectivity index (χ1n) is 6.59. The molecule has 1 aromatic heterocycles. The number of aromatic carboxylic acids is 1. The number of nitrogens with zero attached hydrogens (tertiary/aromatic N) is 3. The summed E-state index contributed by atoms with van der Waals surface area (Å²) in [6.45, 7) is 1.91. The maximum absolute atomic E-state index is 11.4. The van der Waals surface area contributed by atoms with E-state index in [2.05, 4.69) is 10.3 Å². The van der Waals surface area contributed by atoms with Gasteiger partial charge < -0.3 is 5.11 Å². The van der Waals surface area contributed by atoms with Crippen LogP contribution < -0.4 is 0 Å². The number of rotatable bonds is 3. The van der Waals surface area contributed by atoms with Gasteiger partial charge in [0.15, 0.2) is 5.69 Å². The van der Waals surface area contributed by atoms with E-state index in [1.54, 1.807) is 12.1 Å². The van der Waals surface area contributed by atoms with E-state index in [4.69, 9.17) is 11.6 Å². The van der Waals surface area contributed by atoms with Crippen LogP contribution in [0.3, 0.4) is 0 Å². The van der Waals surface area contributed by atoms with E-state index < -0.39 is 5.97 Å². The van der Waals surface area contributed by atoms with Gasteiger partial charge in [-0.3, -0.25) is 0 Å². The predicted octanol–water partition coefficient (Wildman–Crippen LogP) is 3.59. The van der Waals surface area contributed by atoms with Crippen molar-refractivity contribution >= 4 is 17.6 Å². The van der Waals surface area contributed by atoms with Crippen LogP contribution in [-0.4, -0.2) is 26.1 Å². The topological polar surface area (TPSA) is 68.0 Å². The fraction of sp³-hybridized carbons (Fsp3) is 0.0625. The molecule has 0 aliphatic heterocycles. The van der Waals surface area contributed by atoms with Crippen molar-refractivity contribution in [3.63, 3.8) is 0 Å². The zero-order valence-corrected chi connectivity index (χ0v) is 12.4. The third kappa shape index (κ3) is 2.46. The lowest BCUT2D eigenvalue weighted by Crippen LogP contribution is -2.04. The zero-order valence-electron chi connectivity index (χ0n) is 11.7. The van der Waals surface area contributed by atoms with Crippen LogP contribution in [0, 0.1) is 6.92 Å². The molecule has 1 heterocycles. The molecule has 3 aromatic rings. The summed E-state index contributed by atoms with van der Waals surface area (Å²) in [7, 11) is 0. The molecule has 0 saturated carbocycles. The summed E-state index contributed by atoms with van der Waals surface area (Å²) in [5.74, 6) is -1.12. The van der Waals surface area contributed by atoms with Crippen molar-refractivity contribution in [2.24, 2.45) is 0 Å². The summed E-state index contributed by atoms with van der Waals surface area (Å²) in [5.41, 5.74) is 2.68. The first kappa shape index (κ1) is 14.3. The van der Waals surface area contributed by atoms with Crippen molar-refractivity contribution in [1.82, 2.24) is 15.0 Å². The number of hydrogen-bond acceptors (Lipinski definition) is 3. The number of aromatic nitrogens is 3. The summed E-state index contributed by atoms with van der Waals surface area (Å²) in [6, 6.07) is 14.5. The van der Waals surface area contributed by atoms with Gasteiger partial charge in [-0.1, -0.05) is 53.2 Å². The van der Waals surface area contributed by atoms with Crippen LogP contribution in [-0.2, 0) is 0 Å². The van der Waals surface area contributed by atoms with Gasteiger partial charge in [-0.15, -0.1) is 5.10 Å². The Morgan fingerprint density at radius 2 is 1.91 bits per heavy atom. The van der Waals surface area contributed by atoms with E-state index >= 15 is 0 Å². The van der Waals surface area contributed by atoms with Gasteiger partial charge in [0.05, 0.1) is 5.69 Å². The first-order valence-corrected chi connectivity index (χ1v) is 6.96. The molecule has 2 aromatic carbocycles. The molecule has 0 bridgehead atoms. The Morgan fingerprint density at radius 3 is 2.59 bits per heavy atom. The molecule has 0 aliphatic carbocycles. The Morgan fingerprint density at radius 1 is 1.18 bits per heavy atom. The number of halogens is 1. The van der Waals surface area contributed by atoms with Crippen LogP contribution in [0.1, 0.15) is 16.1 Å². The van der Waals surface area contributed by atoms with E-state index in [1.807, 2.05) is 43.3 Å². The average Bonchev–Trinajstić information content (AvgIpc) is 2.95. The van der Waals surface area contributed by atoms with Crippen LogP contribution in [0.4, 0.5) is 0 Å². The molecule has 0 spiro atoms. The molecule has 0 unspecified atom stereocenters. The van der Waals surface area contributed by atoms with Crippen LogP contribution in [0.5, 0.6) is 0 Å². The highest BCUT2D eigenvalue weighted by Gasteiger charge is 2.22. The number of hydrogen-bond donors (Lipinski definition) is 1. The molecule has 0 amide bonds. The van der Waals surface area contributed by atoms with Gasteiger partial charge in [-0.25, -0.2) is 9.48 Å². The second-order valence-corrected chi connectivity index (χ2v) is 5.24. The Kier molecular flexibility index (Phi) is 3.65. The van der Waals surface area contributed by atoms with Crippen molar-refractivity contribution in [1.29, 1.82) is 0 Å². The molecule has 0 saturated heterocycles. The Labute approximate surface area is 131 Å². The highest BCUT2D eigenvalue weighted by atomic mass is 35.5. The van der Waals surface area contributed by atoms with Gasteiger partial charge in [0.25, 0.3) is 0 Å².